The van der Waals surface area contributed by atoms with Gasteiger partial charge in [0.25, 0.3) is 0 Å². The number of esters is 1. The quantitative estimate of drug-likeness (QED) is 0.612. The van der Waals surface area contributed by atoms with Crippen molar-refractivity contribution in [1.29, 1.82) is 0 Å². The Bertz CT molecular complexity index is 642. The molecule has 5 nitrogen and oxygen atoms in total. The Labute approximate surface area is 129 Å². The Morgan fingerprint density at radius 3 is 2.73 bits per heavy atom. The summed E-state index contributed by atoms with van der Waals surface area (Å²) in [6, 6.07) is 4.66. The van der Waals surface area contributed by atoms with Gasteiger partial charge in [-0.15, -0.1) is 0 Å². The second-order valence-electron chi connectivity index (χ2n) is 5.07. The third-order valence-electron chi connectivity index (χ3n) is 3.51. The first-order chi connectivity index (χ1) is 10.4. The number of sulfonamides is 1. The van der Waals surface area contributed by atoms with E-state index in [0.29, 0.717) is 19.4 Å². The van der Waals surface area contributed by atoms with Crippen molar-refractivity contribution in [2.45, 2.75) is 17.7 Å². The Morgan fingerprint density at radius 1 is 1.41 bits per heavy atom. The average Bonchev–Trinajstić information content (AvgIpc) is 2.53. The highest BCUT2D eigenvalue weighted by atomic mass is 32.2. The van der Waals surface area contributed by atoms with Gasteiger partial charge in [-0.05, 0) is 37.1 Å². The van der Waals surface area contributed by atoms with Crippen molar-refractivity contribution in [2.75, 3.05) is 19.7 Å². The van der Waals surface area contributed by atoms with Crippen LogP contribution >= 0.6 is 0 Å². The number of benzene rings is 1. The van der Waals surface area contributed by atoms with E-state index < -0.39 is 27.7 Å². The predicted octanol–water partition coefficient (Wildman–Crippen LogP) is 1.96. The smallest absolute Gasteiger partial charge is 0.310 e. The highest BCUT2D eigenvalue weighted by Gasteiger charge is 2.33. The van der Waals surface area contributed by atoms with Crippen LogP contribution in [0.1, 0.15) is 12.8 Å². The van der Waals surface area contributed by atoms with E-state index in [1.165, 1.54) is 22.5 Å². The Hall–Kier alpha value is -1.73. The fourth-order valence-electron chi connectivity index (χ4n) is 2.37. The van der Waals surface area contributed by atoms with E-state index in [0.717, 1.165) is 12.1 Å². The second-order valence-corrected chi connectivity index (χ2v) is 7.01. The lowest BCUT2D eigenvalue weighted by Gasteiger charge is -2.30. The van der Waals surface area contributed by atoms with E-state index >= 15 is 0 Å². The van der Waals surface area contributed by atoms with Gasteiger partial charge < -0.3 is 4.74 Å². The lowest BCUT2D eigenvalue weighted by molar-refractivity contribution is -0.148. The van der Waals surface area contributed by atoms with Gasteiger partial charge in [-0.1, -0.05) is 12.7 Å². The van der Waals surface area contributed by atoms with Gasteiger partial charge in [-0.25, -0.2) is 12.8 Å². The van der Waals surface area contributed by atoms with Crippen LogP contribution < -0.4 is 0 Å². The van der Waals surface area contributed by atoms with Crippen molar-refractivity contribution in [3.63, 3.8) is 0 Å². The lowest BCUT2D eigenvalue weighted by Crippen LogP contribution is -2.42. The molecule has 7 heteroatoms. The van der Waals surface area contributed by atoms with Gasteiger partial charge in [0, 0.05) is 13.1 Å². The van der Waals surface area contributed by atoms with E-state index in [1.807, 2.05) is 0 Å². The first kappa shape index (κ1) is 16.6. The van der Waals surface area contributed by atoms with Crippen LogP contribution in [0.25, 0.3) is 0 Å². The number of hydrogen-bond acceptors (Lipinski definition) is 4. The van der Waals surface area contributed by atoms with Gasteiger partial charge in [0.2, 0.25) is 10.0 Å². The molecule has 1 aliphatic heterocycles. The fraction of sp³-hybridized carbons (Fsp3) is 0.400. The number of ether oxygens (including phenoxy) is 1. The van der Waals surface area contributed by atoms with Gasteiger partial charge in [0.15, 0.2) is 0 Å². The van der Waals surface area contributed by atoms with Gasteiger partial charge in [-0.3, -0.25) is 4.79 Å². The van der Waals surface area contributed by atoms with Crippen LogP contribution in [0, 0.1) is 11.7 Å². The largest absolute Gasteiger partial charge is 0.461 e. The van der Waals surface area contributed by atoms with Crippen LogP contribution in [0.15, 0.2) is 41.8 Å². The summed E-state index contributed by atoms with van der Waals surface area (Å²) in [5.41, 5.74) is 0. The molecule has 1 fully saturated rings. The summed E-state index contributed by atoms with van der Waals surface area (Å²) >= 11 is 0. The maximum atomic E-state index is 12.9. The molecule has 1 saturated heterocycles. The van der Waals surface area contributed by atoms with E-state index in [-0.39, 0.29) is 18.0 Å². The molecule has 1 heterocycles. The molecule has 1 aromatic rings. The molecule has 0 amide bonds. The van der Waals surface area contributed by atoms with Crippen LogP contribution in [0.5, 0.6) is 0 Å². The van der Waals surface area contributed by atoms with Crippen LogP contribution in [0.4, 0.5) is 4.39 Å². The summed E-state index contributed by atoms with van der Waals surface area (Å²) in [7, 11) is -3.73. The Morgan fingerprint density at radius 2 is 2.09 bits per heavy atom. The van der Waals surface area contributed by atoms with E-state index in [4.69, 9.17) is 4.74 Å². The van der Waals surface area contributed by atoms with E-state index in [9.17, 15) is 17.6 Å². The normalized spacial score (nSPS) is 19.6. The summed E-state index contributed by atoms with van der Waals surface area (Å²) in [5.74, 6) is -1.40. The molecular weight excluding hydrogens is 309 g/mol. The minimum Gasteiger partial charge on any atom is -0.461 e. The van der Waals surface area contributed by atoms with Gasteiger partial charge >= 0.3 is 5.97 Å². The van der Waals surface area contributed by atoms with Crippen molar-refractivity contribution in [1.82, 2.24) is 4.31 Å². The third kappa shape index (κ3) is 3.72. The van der Waals surface area contributed by atoms with Crippen molar-refractivity contribution in [2.24, 2.45) is 5.92 Å². The molecule has 0 aliphatic carbocycles. The van der Waals surface area contributed by atoms with E-state index in [2.05, 4.69) is 6.58 Å². The molecule has 0 bridgehead atoms. The molecule has 0 aromatic heterocycles. The summed E-state index contributed by atoms with van der Waals surface area (Å²) in [4.78, 5) is 11.9. The first-order valence-electron chi connectivity index (χ1n) is 6.98. The monoisotopic (exact) mass is 327 g/mol. The number of carbonyl (C=O) groups excluding carboxylic acids is 1. The molecule has 2 rings (SSSR count). The number of halogens is 1. The van der Waals surface area contributed by atoms with Crippen molar-refractivity contribution < 1.29 is 22.3 Å². The molecule has 1 unspecified atom stereocenters. The molecule has 1 atom stereocenters. The summed E-state index contributed by atoms with van der Waals surface area (Å²) < 4.78 is 44.2. The average molecular weight is 327 g/mol. The predicted molar refractivity (Wildman–Crippen MR) is 79.0 cm³/mol. The Kier molecular flexibility index (Phi) is 5.31. The minimum absolute atomic E-state index is 0.0222. The van der Waals surface area contributed by atoms with Gasteiger partial charge in [0.1, 0.15) is 12.4 Å². The topological polar surface area (TPSA) is 63.7 Å². The number of hydrogen-bond donors (Lipinski definition) is 0. The standard InChI is InChI=1S/C15H18FNO4S/c1-2-10-21-15(18)12-4-3-9-17(11-12)22(19,20)14-7-5-13(16)6-8-14/h2,5-8,12H,1,3-4,9-11H2. The SMILES string of the molecule is C=CCOC(=O)C1CCCN(S(=O)(=O)c2ccc(F)cc2)C1. The number of piperidine rings is 1. The zero-order valence-electron chi connectivity index (χ0n) is 12.1. The van der Waals surface area contributed by atoms with Crippen LogP contribution in [-0.4, -0.2) is 38.4 Å². The number of nitrogens with zero attached hydrogens (tertiary/aromatic N) is 1. The maximum Gasteiger partial charge on any atom is 0.310 e. The summed E-state index contributed by atoms with van der Waals surface area (Å²) in [5, 5.41) is 0. The molecule has 1 aliphatic rings. The maximum absolute atomic E-state index is 12.9. The minimum atomic E-state index is -3.73. The summed E-state index contributed by atoms with van der Waals surface area (Å²) in [6.07, 6.45) is 2.63. The fourth-order valence-corrected chi connectivity index (χ4v) is 3.89. The Balaban J connectivity index is 2.12. The van der Waals surface area contributed by atoms with E-state index in [1.54, 1.807) is 0 Å². The van der Waals surface area contributed by atoms with Crippen molar-refractivity contribution in [3.05, 3.63) is 42.7 Å². The van der Waals surface area contributed by atoms with Crippen LogP contribution in [0.3, 0.4) is 0 Å². The highest BCUT2D eigenvalue weighted by Crippen LogP contribution is 2.24. The van der Waals surface area contributed by atoms with Crippen LogP contribution in [0.2, 0.25) is 0 Å². The molecule has 0 radical (unpaired) electrons. The molecule has 22 heavy (non-hydrogen) atoms. The van der Waals surface area contributed by atoms with Gasteiger partial charge in [0.05, 0.1) is 10.8 Å². The first-order valence-corrected chi connectivity index (χ1v) is 8.42. The van der Waals surface area contributed by atoms with Crippen molar-refractivity contribution >= 4 is 16.0 Å². The molecule has 120 valence electrons. The molecule has 0 N–H and O–H groups in total. The second kappa shape index (κ2) is 7.02. The highest BCUT2D eigenvalue weighted by molar-refractivity contribution is 7.89. The lowest BCUT2D eigenvalue weighted by atomic mass is 10.0. The van der Waals surface area contributed by atoms with Crippen molar-refractivity contribution in [3.8, 4) is 0 Å². The zero-order chi connectivity index (χ0) is 16.2. The molecule has 0 spiro atoms. The van der Waals surface area contributed by atoms with Gasteiger partial charge in [-0.2, -0.15) is 4.31 Å². The molecule has 0 saturated carbocycles. The molecule has 1 aromatic carbocycles. The summed E-state index contributed by atoms with van der Waals surface area (Å²) in [6.45, 7) is 3.99. The number of rotatable bonds is 5. The molecular formula is C15H18FNO4S. The third-order valence-corrected chi connectivity index (χ3v) is 5.39. The zero-order valence-corrected chi connectivity index (χ0v) is 12.9. The number of carbonyl (C=O) groups is 1. The van der Waals surface area contributed by atoms with Crippen LogP contribution in [-0.2, 0) is 19.6 Å².